The monoisotopic (exact) mass is 189 g/mol. The van der Waals surface area contributed by atoms with Crippen LogP contribution in [-0.2, 0) is 9.47 Å². The lowest BCUT2D eigenvalue weighted by molar-refractivity contribution is -0.0242. The van der Waals surface area contributed by atoms with Gasteiger partial charge in [0.15, 0.2) is 0 Å². The number of ether oxygens (including phenoxy) is 2. The Balaban J connectivity index is 3.39. The Morgan fingerprint density at radius 2 is 1.54 bits per heavy atom. The molecule has 0 aromatic carbocycles. The average Bonchev–Trinajstić information content (AvgIpc) is 2.03. The molecule has 13 heavy (non-hydrogen) atoms. The fourth-order valence-electron chi connectivity index (χ4n) is 1.02. The number of hydrogen-bond donors (Lipinski definition) is 1. The van der Waals surface area contributed by atoms with Crippen molar-refractivity contribution in [3.05, 3.63) is 0 Å². The molecule has 2 N–H and O–H groups in total. The molecule has 0 aromatic rings. The second-order valence-corrected chi connectivity index (χ2v) is 3.81. The van der Waals surface area contributed by atoms with Crippen LogP contribution in [0, 0.1) is 5.92 Å². The van der Waals surface area contributed by atoms with Crippen molar-refractivity contribution in [2.75, 3.05) is 19.8 Å². The fraction of sp³-hybridized carbons (Fsp3) is 1.00. The van der Waals surface area contributed by atoms with Crippen molar-refractivity contribution in [1.82, 2.24) is 0 Å². The van der Waals surface area contributed by atoms with Crippen LogP contribution in [0.1, 0.15) is 27.7 Å². The van der Waals surface area contributed by atoms with Crippen molar-refractivity contribution in [3.8, 4) is 0 Å². The van der Waals surface area contributed by atoms with Crippen LogP contribution in [-0.4, -0.2) is 32.0 Å². The van der Waals surface area contributed by atoms with Gasteiger partial charge in [-0.15, -0.1) is 0 Å². The van der Waals surface area contributed by atoms with Gasteiger partial charge in [-0.1, -0.05) is 13.8 Å². The number of rotatable bonds is 7. The second-order valence-electron chi connectivity index (χ2n) is 3.81. The van der Waals surface area contributed by atoms with Crippen molar-refractivity contribution >= 4 is 0 Å². The Kier molecular flexibility index (Phi) is 7.23. The van der Waals surface area contributed by atoms with Gasteiger partial charge < -0.3 is 15.2 Å². The molecule has 0 saturated heterocycles. The quantitative estimate of drug-likeness (QED) is 0.616. The summed E-state index contributed by atoms with van der Waals surface area (Å²) < 4.78 is 10.9. The second kappa shape index (κ2) is 7.30. The molecule has 0 radical (unpaired) electrons. The molecule has 3 nitrogen and oxygen atoms in total. The summed E-state index contributed by atoms with van der Waals surface area (Å²) in [4.78, 5) is 0. The lowest BCUT2D eigenvalue weighted by Gasteiger charge is -2.19. The molecule has 0 aliphatic heterocycles. The summed E-state index contributed by atoms with van der Waals surface area (Å²) in [5.74, 6) is 0.476. The van der Waals surface area contributed by atoms with Crippen molar-refractivity contribution in [2.24, 2.45) is 11.7 Å². The first-order valence-corrected chi connectivity index (χ1v) is 5.01. The summed E-state index contributed by atoms with van der Waals surface area (Å²) in [6.07, 6.45) is 0.440. The van der Waals surface area contributed by atoms with Crippen LogP contribution in [0.2, 0.25) is 0 Å². The van der Waals surface area contributed by atoms with Gasteiger partial charge in [-0.2, -0.15) is 0 Å². The van der Waals surface area contributed by atoms with Gasteiger partial charge >= 0.3 is 0 Å². The van der Waals surface area contributed by atoms with Gasteiger partial charge in [0.2, 0.25) is 0 Å². The molecule has 80 valence electrons. The molecule has 0 aliphatic carbocycles. The van der Waals surface area contributed by atoms with E-state index in [0.717, 1.165) is 0 Å². The summed E-state index contributed by atoms with van der Waals surface area (Å²) in [5.41, 5.74) is 5.55. The van der Waals surface area contributed by atoms with Crippen LogP contribution in [0.3, 0.4) is 0 Å². The Morgan fingerprint density at radius 1 is 1.00 bits per heavy atom. The summed E-state index contributed by atoms with van der Waals surface area (Å²) in [7, 11) is 0. The van der Waals surface area contributed by atoms with E-state index in [-0.39, 0.29) is 12.2 Å². The Labute approximate surface area is 81.6 Å². The zero-order chi connectivity index (χ0) is 10.3. The molecule has 0 heterocycles. The van der Waals surface area contributed by atoms with Crippen molar-refractivity contribution < 1.29 is 9.47 Å². The van der Waals surface area contributed by atoms with E-state index in [1.807, 2.05) is 13.8 Å². The predicted octanol–water partition coefficient (Wildman–Crippen LogP) is 1.41. The summed E-state index contributed by atoms with van der Waals surface area (Å²) in [5, 5.41) is 0. The van der Waals surface area contributed by atoms with Crippen molar-refractivity contribution in [1.29, 1.82) is 0 Å². The number of nitrogens with two attached hydrogens (primary N) is 1. The summed E-state index contributed by atoms with van der Waals surface area (Å²) in [6.45, 7) is 10.1. The van der Waals surface area contributed by atoms with Gasteiger partial charge in [0.1, 0.15) is 0 Å². The van der Waals surface area contributed by atoms with Crippen LogP contribution in [0.5, 0.6) is 0 Å². The molecule has 3 heteroatoms. The molecule has 0 amide bonds. The molecule has 0 aliphatic rings. The summed E-state index contributed by atoms with van der Waals surface area (Å²) in [6, 6.07) is 0. The Hall–Kier alpha value is -0.120. The molecule has 0 aromatic heterocycles. The first-order valence-electron chi connectivity index (χ1n) is 5.01. The first kappa shape index (κ1) is 12.9. The van der Waals surface area contributed by atoms with Crippen LogP contribution in [0.4, 0.5) is 0 Å². The third-order valence-electron chi connectivity index (χ3n) is 1.84. The van der Waals surface area contributed by atoms with E-state index in [1.54, 1.807) is 0 Å². The maximum absolute atomic E-state index is 5.55. The van der Waals surface area contributed by atoms with Crippen molar-refractivity contribution in [2.45, 2.75) is 39.9 Å². The van der Waals surface area contributed by atoms with E-state index in [1.165, 1.54) is 0 Å². The average molecular weight is 189 g/mol. The Morgan fingerprint density at radius 3 is 1.92 bits per heavy atom. The fourth-order valence-corrected chi connectivity index (χ4v) is 1.02. The molecule has 0 spiro atoms. The minimum absolute atomic E-state index is 0.163. The zero-order valence-corrected chi connectivity index (χ0v) is 9.25. The molecular formula is C10H23NO2. The SMILES string of the molecule is CC(C)OCCOC(CN)C(C)C. The van der Waals surface area contributed by atoms with Crippen LogP contribution in [0.15, 0.2) is 0 Å². The highest BCUT2D eigenvalue weighted by atomic mass is 16.5. The van der Waals surface area contributed by atoms with Crippen molar-refractivity contribution in [3.63, 3.8) is 0 Å². The summed E-state index contributed by atoms with van der Waals surface area (Å²) >= 11 is 0. The third kappa shape index (κ3) is 6.99. The number of hydrogen-bond acceptors (Lipinski definition) is 3. The molecule has 1 atom stereocenters. The van der Waals surface area contributed by atoms with Crippen LogP contribution < -0.4 is 5.73 Å². The highest BCUT2D eigenvalue weighted by Crippen LogP contribution is 2.04. The van der Waals surface area contributed by atoms with Gasteiger partial charge in [0.25, 0.3) is 0 Å². The third-order valence-corrected chi connectivity index (χ3v) is 1.84. The zero-order valence-electron chi connectivity index (χ0n) is 9.25. The van der Waals surface area contributed by atoms with E-state index >= 15 is 0 Å². The molecular weight excluding hydrogens is 166 g/mol. The normalized spacial score (nSPS) is 14.1. The minimum Gasteiger partial charge on any atom is -0.376 e. The van der Waals surface area contributed by atoms with Gasteiger partial charge in [0, 0.05) is 6.54 Å². The molecule has 1 unspecified atom stereocenters. The maximum atomic E-state index is 5.55. The predicted molar refractivity (Wildman–Crippen MR) is 54.7 cm³/mol. The lowest BCUT2D eigenvalue weighted by Crippen LogP contribution is -2.30. The van der Waals surface area contributed by atoms with Gasteiger partial charge in [0.05, 0.1) is 25.4 Å². The topological polar surface area (TPSA) is 44.5 Å². The minimum atomic E-state index is 0.163. The van der Waals surface area contributed by atoms with E-state index in [0.29, 0.717) is 25.7 Å². The molecule has 0 rings (SSSR count). The molecule has 0 bridgehead atoms. The van der Waals surface area contributed by atoms with E-state index in [9.17, 15) is 0 Å². The van der Waals surface area contributed by atoms with Gasteiger partial charge in [-0.05, 0) is 19.8 Å². The van der Waals surface area contributed by atoms with Gasteiger partial charge in [-0.3, -0.25) is 0 Å². The smallest absolute Gasteiger partial charge is 0.0721 e. The van der Waals surface area contributed by atoms with Crippen LogP contribution >= 0.6 is 0 Å². The van der Waals surface area contributed by atoms with E-state index in [4.69, 9.17) is 15.2 Å². The highest BCUT2D eigenvalue weighted by Gasteiger charge is 2.10. The van der Waals surface area contributed by atoms with Crippen LogP contribution in [0.25, 0.3) is 0 Å². The molecule has 0 saturated carbocycles. The lowest BCUT2D eigenvalue weighted by atomic mass is 10.1. The maximum Gasteiger partial charge on any atom is 0.0721 e. The molecule has 0 fully saturated rings. The Bertz CT molecular complexity index is 115. The first-order chi connectivity index (χ1) is 6.07. The van der Waals surface area contributed by atoms with Gasteiger partial charge in [-0.25, -0.2) is 0 Å². The standard InChI is InChI=1S/C10H23NO2/c1-8(2)10(7-11)13-6-5-12-9(3)4/h8-10H,5-7,11H2,1-4H3. The largest absolute Gasteiger partial charge is 0.376 e. The highest BCUT2D eigenvalue weighted by molar-refractivity contribution is 4.62. The van der Waals surface area contributed by atoms with E-state index in [2.05, 4.69) is 13.8 Å². The van der Waals surface area contributed by atoms with E-state index < -0.39 is 0 Å².